The van der Waals surface area contributed by atoms with Crippen molar-refractivity contribution in [1.29, 1.82) is 0 Å². The molecular formula is C20H25N3O2. The van der Waals surface area contributed by atoms with Gasteiger partial charge in [0.1, 0.15) is 6.33 Å². The average molecular weight is 339 g/mol. The number of carbonyl (C=O) groups is 1. The molecule has 25 heavy (non-hydrogen) atoms. The monoisotopic (exact) mass is 339 g/mol. The predicted molar refractivity (Wildman–Crippen MR) is 96.3 cm³/mol. The zero-order chi connectivity index (χ0) is 17.7. The number of carbonyl (C=O) groups excluding carboxylic acids is 1. The van der Waals surface area contributed by atoms with Crippen molar-refractivity contribution in [1.82, 2.24) is 14.9 Å². The fourth-order valence-corrected chi connectivity index (χ4v) is 5.06. The maximum absolute atomic E-state index is 12.8. The third-order valence-corrected chi connectivity index (χ3v) is 5.57. The van der Waals surface area contributed by atoms with E-state index in [0.29, 0.717) is 17.3 Å². The van der Waals surface area contributed by atoms with E-state index in [9.17, 15) is 4.79 Å². The molecule has 5 heteroatoms. The van der Waals surface area contributed by atoms with Crippen LogP contribution < -0.4 is 4.74 Å². The standard InChI is InChI=1S/C20H25N3O2/c1-19(2)8-14-9-20(3,11-19)12-23(14)17(24)10-25-18-15-6-4-5-7-16(15)21-13-22-18/h4-7,13-14H,8-12H2,1-3H3/t14-,20-/m0/s1. The Hall–Kier alpha value is -2.17. The van der Waals surface area contributed by atoms with Crippen molar-refractivity contribution < 1.29 is 9.53 Å². The molecule has 0 N–H and O–H groups in total. The third-order valence-electron chi connectivity index (χ3n) is 5.57. The van der Waals surface area contributed by atoms with Crippen LogP contribution in [-0.4, -0.2) is 40.0 Å². The number of ether oxygens (including phenoxy) is 1. The molecule has 0 unspecified atom stereocenters. The average Bonchev–Trinajstić information content (AvgIpc) is 2.81. The maximum Gasteiger partial charge on any atom is 0.260 e. The summed E-state index contributed by atoms with van der Waals surface area (Å²) in [4.78, 5) is 23.3. The summed E-state index contributed by atoms with van der Waals surface area (Å²) in [5, 5.41) is 0.839. The fraction of sp³-hybridized carbons (Fsp3) is 0.550. The van der Waals surface area contributed by atoms with Crippen molar-refractivity contribution in [2.75, 3.05) is 13.2 Å². The molecule has 1 aliphatic carbocycles. The molecule has 1 saturated heterocycles. The van der Waals surface area contributed by atoms with E-state index in [2.05, 4.69) is 30.7 Å². The molecule has 1 saturated carbocycles. The van der Waals surface area contributed by atoms with Gasteiger partial charge in [0, 0.05) is 12.6 Å². The van der Waals surface area contributed by atoms with E-state index in [1.54, 1.807) is 0 Å². The summed E-state index contributed by atoms with van der Waals surface area (Å²) in [5.41, 5.74) is 1.37. The van der Waals surface area contributed by atoms with Gasteiger partial charge >= 0.3 is 0 Å². The molecule has 2 fully saturated rings. The minimum atomic E-state index is 0.0357. The molecular weight excluding hydrogens is 314 g/mol. The zero-order valence-electron chi connectivity index (χ0n) is 15.2. The van der Waals surface area contributed by atoms with E-state index in [4.69, 9.17) is 4.74 Å². The highest BCUT2D eigenvalue weighted by atomic mass is 16.5. The van der Waals surface area contributed by atoms with Gasteiger partial charge in [0.2, 0.25) is 5.88 Å². The van der Waals surface area contributed by atoms with Crippen LogP contribution in [0.15, 0.2) is 30.6 Å². The first kappa shape index (κ1) is 16.3. The third kappa shape index (κ3) is 3.08. The molecule has 1 aromatic heterocycles. The van der Waals surface area contributed by atoms with Gasteiger partial charge in [-0.3, -0.25) is 4.79 Å². The highest BCUT2D eigenvalue weighted by Gasteiger charge is 2.50. The van der Waals surface area contributed by atoms with Crippen LogP contribution in [-0.2, 0) is 4.79 Å². The van der Waals surface area contributed by atoms with E-state index in [0.717, 1.165) is 30.3 Å². The lowest BCUT2D eigenvalue weighted by Gasteiger charge is -2.39. The second-order valence-corrected chi connectivity index (χ2v) is 8.72. The first-order chi connectivity index (χ1) is 11.9. The number of rotatable bonds is 3. The Morgan fingerprint density at radius 3 is 2.88 bits per heavy atom. The first-order valence-corrected chi connectivity index (χ1v) is 8.97. The maximum atomic E-state index is 12.8. The second kappa shape index (κ2) is 5.68. The lowest BCUT2D eigenvalue weighted by Crippen LogP contribution is -2.40. The fourth-order valence-electron chi connectivity index (χ4n) is 5.06. The normalized spacial score (nSPS) is 27.5. The Labute approximate surface area is 148 Å². The number of hydrogen-bond donors (Lipinski definition) is 0. The summed E-state index contributed by atoms with van der Waals surface area (Å²) in [6.07, 6.45) is 4.84. The number of aromatic nitrogens is 2. The van der Waals surface area contributed by atoms with Crippen LogP contribution >= 0.6 is 0 Å². The van der Waals surface area contributed by atoms with E-state index in [1.165, 1.54) is 12.7 Å². The van der Waals surface area contributed by atoms with Crippen molar-refractivity contribution in [2.24, 2.45) is 10.8 Å². The number of nitrogens with zero attached hydrogens (tertiary/aromatic N) is 3. The number of amides is 1. The van der Waals surface area contributed by atoms with Crippen molar-refractivity contribution >= 4 is 16.8 Å². The van der Waals surface area contributed by atoms with E-state index >= 15 is 0 Å². The van der Waals surface area contributed by atoms with Crippen molar-refractivity contribution in [3.63, 3.8) is 0 Å². The lowest BCUT2D eigenvalue weighted by atomic mass is 9.65. The molecule has 1 aliphatic heterocycles. The van der Waals surface area contributed by atoms with Gasteiger partial charge in [0.15, 0.2) is 6.61 Å². The molecule has 2 aromatic rings. The van der Waals surface area contributed by atoms with E-state index < -0.39 is 0 Å². The molecule has 2 aliphatic rings. The molecule has 1 amide bonds. The van der Waals surface area contributed by atoms with Crippen molar-refractivity contribution in [2.45, 2.75) is 46.1 Å². The van der Waals surface area contributed by atoms with Crippen LogP contribution in [0.5, 0.6) is 5.88 Å². The van der Waals surface area contributed by atoms with Gasteiger partial charge in [-0.05, 0) is 42.2 Å². The van der Waals surface area contributed by atoms with Crippen LogP contribution in [0.3, 0.4) is 0 Å². The summed E-state index contributed by atoms with van der Waals surface area (Å²) in [6, 6.07) is 8.02. The largest absolute Gasteiger partial charge is 0.467 e. The SMILES string of the molecule is CC1(C)C[C@H]2C[C@](C)(CN2C(=O)COc2ncnc3ccccc23)C1. The number of para-hydroxylation sites is 1. The van der Waals surface area contributed by atoms with Crippen molar-refractivity contribution in [3.05, 3.63) is 30.6 Å². The predicted octanol–water partition coefficient (Wildman–Crippen LogP) is 3.44. The molecule has 132 valence electrons. The van der Waals surface area contributed by atoms with E-state index in [1.807, 2.05) is 29.2 Å². The molecule has 1 aromatic carbocycles. The quantitative estimate of drug-likeness (QED) is 0.859. The molecule has 2 bridgehead atoms. The molecule has 5 nitrogen and oxygen atoms in total. The Kier molecular flexibility index (Phi) is 3.71. The topological polar surface area (TPSA) is 55.3 Å². The van der Waals surface area contributed by atoms with Gasteiger partial charge in [0.25, 0.3) is 5.91 Å². The summed E-state index contributed by atoms with van der Waals surface area (Å²) < 4.78 is 5.78. The van der Waals surface area contributed by atoms with Crippen LogP contribution in [0.25, 0.3) is 10.9 Å². The summed E-state index contributed by atoms with van der Waals surface area (Å²) >= 11 is 0. The van der Waals surface area contributed by atoms with Crippen LogP contribution in [0.2, 0.25) is 0 Å². The number of hydrogen-bond acceptors (Lipinski definition) is 4. The summed E-state index contributed by atoms with van der Waals surface area (Å²) in [5.74, 6) is 0.543. The second-order valence-electron chi connectivity index (χ2n) is 8.72. The summed E-state index contributed by atoms with van der Waals surface area (Å²) in [7, 11) is 0. The smallest absolute Gasteiger partial charge is 0.260 e. The first-order valence-electron chi connectivity index (χ1n) is 8.97. The molecule has 0 radical (unpaired) electrons. The van der Waals surface area contributed by atoms with Crippen molar-refractivity contribution in [3.8, 4) is 5.88 Å². The van der Waals surface area contributed by atoms with Gasteiger partial charge in [-0.1, -0.05) is 32.9 Å². The van der Waals surface area contributed by atoms with Crippen LogP contribution in [0.4, 0.5) is 0 Å². The molecule has 2 atom stereocenters. The minimum absolute atomic E-state index is 0.0357. The Balaban J connectivity index is 1.48. The van der Waals surface area contributed by atoms with Gasteiger partial charge in [-0.25, -0.2) is 9.97 Å². The molecule has 2 heterocycles. The lowest BCUT2D eigenvalue weighted by molar-refractivity contribution is -0.134. The molecule has 0 spiro atoms. The van der Waals surface area contributed by atoms with Crippen LogP contribution in [0.1, 0.15) is 40.0 Å². The summed E-state index contributed by atoms with van der Waals surface area (Å²) in [6.45, 7) is 7.82. The highest BCUT2D eigenvalue weighted by molar-refractivity contribution is 5.84. The van der Waals surface area contributed by atoms with Gasteiger partial charge in [0.05, 0.1) is 10.9 Å². The zero-order valence-corrected chi connectivity index (χ0v) is 15.2. The Morgan fingerprint density at radius 2 is 2.04 bits per heavy atom. The van der Waals surface area contributed by atoms with Gasteiger partial charge in [-0.2, -0.15) is 0 Å². The number of benzene rings is 1. The number of fused-ring (bicyclic) bond motifs is 3. The highest BCUT2D eigenvalue weighted by Crippen LogP contribution is 2.52. The van der Waals surface area contributed by atoms with Gasteiger partial charge < -0.3 is 9.64 Å². The molecule has 4 rings (SSSR count). The van der Waals surface area contributed by atoms with Crippen LogP contribution in [0, 0.1) is 10.8 Å². The van der Waals surface area contributed by atoms with E-state index in [-0.39, 0.29) is 17.9 Å². The Morgan fingerprint density at radius 1 is 1.24 bits per heavy atom. The van der Waals surface area contributed by atoms with Gasteiger partial charge in [-0.15, -0.1) is 0 Å². The Bertz CT molecular complexity index is 814. The minimum Gasteiger partial charge on any atom is -0.467 e. The number of likely N-dealkylation sites (tertiary alicyclic amines) is 1.